The lowest BCUT2D eigenvalue weighted by Crippen LogP contribution is -2.42. The van der Waals surface area contributed by atoms with Gasteiger partial charge in [-0.15, -0.1) is 0 Å². The van der Waals surface area contributed by atoms with E-state index >= 15 is 0 Å². The van der Waals surface area contributed by atoms with Gasteiger partial charge in [0.05, 0.1) is 25.5 Å². The van der Waals surface area contributed by atoms with Gasteiger partial charge in [0.1, 0.15) is 17.7 Å². The standard InChI is InChI=1S/C20H17BrN2O3/c1-25-18-9-8-13(21)11-16(18)19-22-17-7-3-2-6-15(17)20(24)23(19)12-14-5-4-10-26-14/h2-11,19,22H,12H2,1H3. The Bertz CT molecular complexity index is 940. The summed E-state index contributed by atoms with van der Waals surface area (Å²) in [5, 5.41) is 3.47. The zero-order valence-electron chi connectivity index (χ0n) is 14.1. The number of hydrogen-bond acceptors (Lipinski definition) is 4. The number of benzene rings is 2. The molecule has 132 valence electrons. The monoisotopic (exact) mass is 412 g/mol. The molecule has 1 aromatic heterocycles. The van der Waals surface area contributed by atoms with Gasteiger partial charge in [0.2, 0.25) is 0 Å². The van der Waals surface area contributed by atoms with E-state index in [1.807, 2.05) is 54.6 Å². The first-order valence-corrected chi connectivity index (χ1v) is 8.99. The first kappa shape index (κ1) is 16.7. The number of furan rings is 1. The maximum absolute atomic E-state index is 13.2. The fourth-order valence-corrected chi connectivity index (χ4v) is 3.57. The smallest absolute Gasteiger partial charge is 0.258 e. The molecule has 26 heavy (non-hydrogen) atoms. The highest BCUT2D eigenvalue weighted by Gasteiger charge is 2.34. The summed E-state index contributed by atoms with van der Waals surface area (Å²) in [7, 11) is 1.63. The number of para-hydroxylation sites is 1. The van der Waals surface area contributed by atoms with Gasteiger partial charge >= 0.3 is 0 Å². The van der Waals surface area contributed by atoms with E-state index in [9.17, 15) is 4.79 Å². The fourth-order valence-electron chi connectivity index (χ4n) is 3.19. The molecule has 2 heterocycles. The second-order valence-electron chi connectivity index (χ2n) is 5.99. The van der Waals surface area contributed by atoms with Crippen molar-refractivity contribution in [2.75, 3.05) is 12.4 Å². The number of halogens is 1. The highest BCUT2D eigenvalue weighted by molar-refractivity contribution is 9.10. The van der Waals surface area contributed by atoms with Gasteiger partial charge in [-0.2, -0.15) is 0 Å². The lowest BCUT2D eigenvalue weighted by molar-refractivity contribution is 0.0649. The predicted octanol–water partition coefficient (Wildman–Crippen LogP) is 4.82. The van der Waals surface area contributed by atoms with Gasteiger partial charge in [0, 0.05) is 15.7 Å². The van der Waals surface area contributed by atoms with Crippen molar-refractivity contribution < 1.29 is 13.9 Å². The first-order chi connectivity index (χ1) is 12.7. The first-order valence-electron chi connectivity index (χ1n) is 8.19. The van der Waals surface area contributed by atoms with Crippen LogP contribution in [-0.2, 0) is 6.54 Å². The normalized spacial score (nSPS) is 16.2. The number of ether oxygens (including phenoxy) is 1. The number of fused-ring (bicyclic) bond motifs is 1. The van der Waals surface area contributed by atoms with E-state index in [2.05, 4.69) is 21.2 Å². The van der Waals surface area contributed by atoms with Crippen LogP contribution in [0.3, 0.4) is 0 Å². The van der Waals surface area contributed by atoms with E-state index < -0.39 is 0 Å². The summed E-state index contributed by atoms with van der Waals surface area (Å²) in [6, 6.07) is 17.0. The number of methoxy groups -OCH3 is 1. The molecule has 2 aromatic carbocycles. The molecular weight excluding hydrogens is 396 g/mol. The molecule has 0 bridgehead atoms. The van der Waals surface area contributed by atoms with Gasteiger partial charge in [-0.3, -0.25) is 4.79 Å². The molecule has 5 nitrogen and oxygen atoms in total. The highest BCUT2D eigenvalue weighted by Crippen LogP contribution is 2.38. The van der Waals surface area contributed by atoms with Crippen LogP contribution in [0, 0.1) is 0 Å². The molecule has 1 unspecified atom stereocenters. The Hall–Kier alpha value is -2.73. The van der Waals surface area contributed by atoms with E-state index in [0.717, 1.165) is 21.5 Å². The van der Waals surface area contributed by atoms with E-state index in [1.165, 1.54) is 0 Å². The molecule has 4 rings (SSSR count). The summed E-state index contributed by atoms with van der Waals surface area (Å²) < 4.78 is 11.9. The fraction of sp³-hybridized carbons (Fsp3) is 0.150. The van der Waals surface area contributed by atoms with Crippen molar-refractivity contribution in [3.05, 3.63) is 82.2 Å². The predicted molar refractivity (Wildman–Crippen MR) is 102 cm³/mol. The molecule has 1 amide bonds. The summed E-state index contributed by atoms with van der Waals surface area (Å²) in [6.07, 6.45) is 1.23. The zero-order valence-corrected chi connectivity index (χ0v) is 15.7. The summed E-state index contributed by atoms with van der Waals surface area (Å²) in [5.74, 6) is 1.38. The van der Waals surface area contributed by atoms with Crippen LogP contribution in [-0.4, -0.2) is 17.9 Å². The molecule has 3 aromatic rings. The van der Waals surface area contributed by atoms with Gasteiger partial charge < -0.3 is 19.4 Å². The van der Waals surface area contributed by atoms with Crippen molar-refractivity contribution in [2.45, 2.75) is 12.7 Å². The maximum atomic E-state index is 13.2. The third-order valence-electron chi connectivity index (χ3n) is 4.41. The van der Waals surface area contributed by atoms with Gasteiger partial charge in [0.25, 0.3) is 5.91 Å². The minimum Gasteiger partial charge on any atom is -0.496 e. The molecule has 1 atom stereocenters. The minimum absolute atomic E-state index is 0.0530. The number of nitrogens with zero attached hydrogens (tertiary/aromatic N) is 1. The van der Waals surface area contributed by atoms with Crippen LogP contribution >= 0.6 is 15.9 Å². The van der Waals surface area contributed by atoms with Crippen molar-refractivity contribution >= 4 is 27.5 Å². The average molecular weight is 413 g/mol. The topological polar surface area (TPSA) is 54.7 Å². The molecule has 1 N–H and O–H groups in total. The van der Waals surface area contributed by atoms with Gasteiger partial charge in [-0.05, 0) is 42.5 Å². The summed E-state index contributed by atoms with van der Waals surface area (Å²) >= 11 is 3.51. The molecule has 0 saturated heterocycles. The largest absolute Gasteiger partial charge is 0.496 e. The highest BCUT2D eigenvalue weighted by atomic mass is 79.9. The van der Waals surface area contributed by atoms with E-state index in [1.54, 1.807) is 18.3 Å². The summed E-state index contributed by atoms with van der Waals surface area (Å²) in [6.45, 7) is 0.355. The Labute approximate surface area is 159 Å². The van der Waals surface area contributed by atoms with Crippen LogP contribution < -0.4 is 10.1 Å². The second-order valence-corrected chi connectivity index (χ2v) is 6.91. The van der Waals surface area contributed by atoms with Crippen molar-refractivity contribution in [1.29, 1.82) is 0 Å². The zero-order chi connectivity index (χ0) is 18.1. The van der Waals surface area contributed by atoms with Gasteiger partial charge in [0.15, 0.2) is 0 Å². The molecular formula is C20H17BrN2O3. The Morgan fingerprint density at radius 1 is 1.19 bits per heavy atom. The number of carbonyl (C=O) groups is 1. The summed E-state index contributed by atoms with van der Waals surface area (Å²) in [5.41, 5.74) is 2.32. The number of hydrogen-bond donors (Lipinski definition) is 1. The number of amides is 1. The Kier molecular flexibility index (Phi) is 4.42. The van der Waals surface area contributed by atoms with Gasteiger partial charge in [-0.25, -0.2) is 0 Å². The van der Waals surface area contributed by atoms with Crippen LogP contribution in [0.4, 0.5) is 5.69 Å². The Morgan fingerprint density at radius 3 is 2.81 bits per heavy atom. The van der Waals surface area contributed by atoms with Crippen molar-refractivity contribution in [3.63, 3.8) is 0 Å². The van der Waals surface area contributed by atoms with Crippen LogP contribution in [0.1, 0.15) is 27.8 Å². The number of rotatable bonds is 4. The number of carbonyl (C=O) groups excluding carboxylic acids is 1. The van der Waals surface area contributed by atoms with Crippen molar-refractivity contribution in [1.82, 2.24) is 4.90 Å². The van der Waals surface area contributed by atoms with Crippen LogP contribution in [0.2, 0.25) is 0 Å². The van der Waals surface area contributed by atoms with Crippen molar-refractivity contribution in [2.24, 2.45) is 0 Å². The molecule has 1 aliphatic rings. The lowest BCUT2D eigenvalue weighted by atomic mass is 10.0. The molecule has 0 spiro atoms. The van der Waals surface area contributed by atoms with Crippen LogP contribution in [0.5, 0.6) is 5.75 Å². The Balaban J connectivity index is 1.82. The molecule has 0 fully saturated rings. The molecule has 0 saturated carbocycles. The molecule has 0 aliphatic carbocycles. The third kappa shape index (κ3) is 2.97. The van der Waals surface area contributed by atoms with Crippen LogP contribution in [0.25, 0.3) is 0 Å². The van der Waals surface area contributed by atoms with E-state index in [0.29, 0.717) is 17.9 Å². The van der Waals surface area contributed by atoms with Crippen molar-refractivity contribution in [3.8, 4) is 5.75 Å². The SMILES string of the molecule is COc1ccc(Br)cc1C1Nc2ccccc2C(=O)N1Cc1ccco1. The number of anilines is 1. The number of nitrogens with one attached hydrogen (secondary N) is 1. The van der Waals surface area contributed by atoms with E-state index in [4.69, 9.17) is 9.15 Å². The molecule has 1 aliphatic heterocycles. The van der Waals surface area contributed by atoms with E-state index in [-0.39, 0.29) is 12.1 Å². The minimum atomic E-state index is -0.380. The quantitative estimate of drug-likeness (QED) is 0.667. The van der Waals surface area contributed by atoms with Gasteiger partial charge in [-0.1, -0.05) is 28.1 Å². The average Bonchev–Trinajstić information content (AvgIpc) is 3.17. The maximum Gasteiger partial charge on any atom is 0.258 e. The lowest BCUT2D eigenvalue weighted by Gasteiger charge is -2.38. The third-order valence-corrected chi connectivity index (χ3v) is 4.91. The summed E-state index contributed by atoms with van der Waals surface area (Å²) in [4.78, 5) is 15.0. The molecule has 0 radical (unpaired) electrons. The Morgan fingerprint density at radius 2 is 2.04 bits per heavy atom. The second kappa shape index (κ2) is 6.88. The van der Waals surface area contributed by atoms with Crippen LogP contribution in [0.15, 0.2) is 69.8 Å². The molecule has 6 heteroatoms.